The summed E-state index contributed by atoms with van der Waals surface area (Å²) >= 11 is 0. The third kappa shape index (κ3) is 3.11. The first kappa shape index (κ1) is 14.8. The number of amides is 3. The van der Waals surface area contributed by atoms with E-state index in [2.05, 4.69) is 11.2 Å². The van der Waals surface area contributed by atoms with Crippen LogP contribution in [0.1, 0.15) is 41.3 Å². The molecule has 108 valence electrons. The molecule has 2 rings (SSSR count). The average Bonchev–Trinajstić information content (AvgIpc) is 2.81. The Bertz CT molecular complexity index is 631. The van der Waals surface area contributed by atoms with Crippen molar-refractivity contribution < 1.29 is 14.4 Å². The smallest absolute Gasteiger partial charge is 0.254 e. The Kier molecular flexibility index (Phi) is 4.39. The maximum atomic E-state index is 12.3. The van der Waals surface area contributed by atoms with Crippen LogP contribution in [-0.2, 0) is 16.1 Å². The number of nitrogens with one attached hydrogen (secondary N) is 1. The first-order valence-corrected chi connectivity index (χ1v) is 6.70. The van der Waals surface area contributed by atoms with Crippen LogP contribution >= 0.6 is 0 Å². The molecule has 1 aliphatic heterocycles. The minimum Gasteiger partial charge on any atom is -0.332 e. The predicted octanol–water partition coefficient (Wildman–Crippen LogP) is 1.06. The number of fused-ring (bicyclic) bond motifs is 1. The molecule has 1 unspecified atom stereocenters. The van der Waals surface area contributed by atoms with Crippen molar-refractivity contribution in [2.24, 2.45) is 0 Å². The zero-order valence-corrected chi connectivity index (χ0v) is 11.8. The highest BCUT2D eigenvalue weighted by atomic mass is 16.2. The van der Waals surface area contributed by atoms with Crippen LogP contribution in [0, 0.1) is 12.3 Å². The van der Waals surface area contributed by atoms with Gasteiger partial charge in [0.2, 0.25) is 12.3 Å². The Morgan fingerprint density at radius 1 is 1.57 bits per heavy atom. The van der Waals surface area contributed by atoms with Gasteiger partial charge >= 0.3 is 0 Å². The molecular weight excluding hydrogens is 268 g/mol. The van der Waals surface area contributed by atoms with Gasteiger partial charge in [-0.1, -0.05) is 5.92 Å². The fourth-order valence-electron chi connectivity index (χ4n) is 2.42. The first-order valence-electron chi connectivity index (χ1n) is 6.70. The topological polar surface area (TPSA) is 66.5 Å². The molecule has 5 heteroatoms. The summed E-state index contributed by atoms with van der Waals surface area (Å²) in [7, 11) is 0. The summed E-state index contributed by atoms with van der Waals surface area (Å²) in [6.45, 7) is 2.39. The zero-order valence-electron chi connectivity index (χ0n) is 11.8. The maximum Gasteiger partial charge on any atom is 0.254 e. The number of rotatable bonds is 5. The van der Waals surface area contributed by atoms with Crippen molar-refractivity contribution in [2.75, 3.05) is 0 Å². The monoisotopic (exact) mass is 284 g/mol. The van der Waals surface area contributed by atoms with E-state index in [0.717, 1.165) is 11.1 Å². The highest BCUT2D eigenvalue weighted by molar-refractivity contribution is 5.98. The summed E-state index contributed by atoms with van der Waals surface area (Å²) in [5, 5.41) is 2.09. The van der Waals surface area contributed by atoms with E-state index in [0.29, 0.717) is 24.9 Å². The van der Waals surface area contributed by atoms with Crippen molar-refractivity contribution >= 4 is 18.2 Å². The molecule has 0 saturated heterocycles. The molecule has 0 bridgehead atoms. The largest absolute Gasteiger partial charge is 0.332 e. The Balaban J connectivity index is 2.03. The minimum absolute atomic E-state index is 0.0446. The average molecular weight is 284 g/mol. The van der Waals surface area contributed by atoms with Gasteiger partial charge in [0, 0.05) is 30.1 Å². The Morgan fingerprint density at radius 2 is 2.33 bits per heavy atom. The van der Waals surface area contributed by atoms with Gasteiger partial charge in [0.1, 0.15) is 0 Å². The van der Waals surface area contributed by atoms with Crippen LogP contribution in [0.4, 0.5) is 0 Å². The number of hydrogen-bond donors (Lipinski definition) is 1. The third-order valence-corrected chi connectivity index (χ3v) is 3.65. The molecule has 1 aromatic carbocycles. The Labute approximate surface area is 123 Å². The van der Waals surface area contributed by atoms with E-state index in [9.17, 15) is 14.4 Å². The number of imide groups is 1. The van der Waals surface area contributed by atoms with E-state index in [4.69, 9.17) is 6.42 Å². The van der Waals surface area contributed by atoms with Crippen molar-refractivity contribution in [3.8, 4) is 12.3 Å². The summed E-state index contributed by atoms with van der Waals surface area (Å²) in [6.07, 6.45) is 6.43. The number of hydrogen-bond acceptors (Lipinski definition) is 3. The molecule has 0 saturated carbocycles. The number of nitrogens with zero attached hydrogens (tertiary/aromatic N) is 1. The molecule has 3 amide bonds. The molecule has 5 nitrogen and oxygen atoms in total. The fraction of sp³-hybridized carbons (Fsp3) is 0.312. The highest BCUT2D eigenvalue weighted by Crippen LogP contribution is 2.26. The van der Waals surface area contributed by atoms with Gasteiger partial charge in [-0.2, -0.15) is 0 Å². The second-order valence-corrected chi connectivity index (χ2v) is 5.02. The normalized spacial score (nSPS) is 14.3. The quantitative estimate of drug-likeness (QED) is 0.649. The van der Waals surface area contributed by atoms with Crippen molar-refractivity contribution in [1.29, 1.82) is 0 Å². The van der Waals surface area contributed by atoms with E-state index < -0.39 is 0 Å². The molecule has 1 aromatic rings. The van der Waals surface area contributed by atoms with Crippen LogP contribution in [0.2, 0.25) is 0 Å². The van der Waals surface area contributed by atoms with Gasteiger partial charge in [-0.3, -0.25) is 19.7 Å². The summed E-state index contributed by atoms with van der Waals surface area (Å²) < 4.78 is 0. The van der Waals surface area contributed by atoms with E-state index in [1.54, 1.807) is 17.0 Å². The lowest BCUT2D eigenvalue weighted by Crippen LogP contribution is -2.34. The molecular formula is C16H16N2O3. The van der Waals surface area contributed by atoms with Gasteiger partial charge in [-0.25, -0.2) is 0 Å². The third-order valence-electron chi connectivity index (χ3n) is 3.65. The SMILES string of the molecule is C#Cc1ccc2c(c1)CN(C(C)CCC(=O)NC=O)C2=O. The van der Waals surface area contributed by atoms with Crippen molar-refractivity contribution in [3.63, 3.8) is 0 Å². The van der Waals surface area contributed by atoms with Crippen LogP contribution < -0.4 is 5.32 Å². The molecule has 0 spiro atoms. The van der Waals surface area contributed by atoms with E-state index in [1.165, 1.54) is 0 Å². The Hall–Kier alpha value is -2.61. The number of carbonyl (C=O) groups is 3. The van der Waals surface area contributed by atoms with Crippen LogP contribution in [0.3, 0.4) is 0 Å². The Morgan fingerprint density at radius 3 is 3.00 bits per heavy atom. The summed E-state index contributed by atoms with van der Waals surface area (Å²) in [5.41, 5.74) is 2.33. The summed E-state index contributed by atoms with van der Waals surface area (Å²) in [5.74, 6) is 2.17. The lowest BCUT2D eigenvalue weighted by Gasteiger charge is -2.23. The van der Waals surface area contributed by atoms with Gasteiger partial charge in [0.15, 0.2) is 0 Å². The lowest BCUT2D eigenvalue weighted by atomic mass is 10.1. The molecule has 21 heavy (non-hydrogen) atoms. The standard InChI is InChI=1S/C16H16N2O3/c1-3-12-5-6-14-13(8-12)9-18(16(14)21)11(2)4-7-15(20)17-10-19/h1,5-6,8,10-11H,4,7,9H2,2H3,(H,17,19,20). The van der Waals surface area contributed by atoms with Crippen molar-refractivity contribution in [1.82, 2.24) is 10.2 Å². The molecule has 1 N–H and O–H groups in total. The van der Waals surface area contributed by atoms with Crippen LogP contribution in [-0.4, -0.2) is 29.2 Å². The fourth-order valence-corrected chi connectivity index (χ4v) is 2.42. The summed E-state index contributed by atoms with van der Waals surface area (Å²) in [6, 6.07) is 5.26. The first-order chi connectivity index (χ1) is 10.1. The molecule has 1 atom stereocenters. The van der Waals surface area contributed by atoms with Crippen LogP contribution in [0.15, 0.2) is 18.2 Å². The molecule has 1 aliphatic rings. The zero-order chi connectivity index (χ0) is 15.4. The predicted molar refractivity (Wildman–Crippen MR) is 77.2 cm³/mol. The van der Waals surface area contributed by atoms with E-state index >= 15 is 0 Å². The highest BCUT2D eigenvalue weighted by Gasteiger charge is 2.30. The van der Waals surface area contributed by atoms with Gasteiger partial charge in [-0.15, -0.1) is 6.42 Å². The molecule has 0 radical (unpaired) electrons. The summed E-state index contributed by atoms with van der Waals surface area (Å²) in [4.78, 5) is 35.5. The van der Waals surface area contributed by atoms with Crippen LogP contribution in [0.25, 0.3) is 0 Å². The van der Waals surface area contributed by atoms with Gasteiger partial charge in [0.25, 0.3) is 5.91 Å². The second-order valence-electron chi connectivity index (χ2n) is 5.02. The van der Waals surface area contributed by atoms with Gasteiger partial charge < -0.3 is 4.90 Å². The lowest BCUT2D eigenvalue weighted by molar-refractivity contribution is -0.125. The van der Waals surface area contributed by atoms with Gasteiger partial charge in [-0.05, 0) is 37.1 Å². The number of carbonyl (C=O) groups excluding carboxylic acids is 3. The van der Waals surface area contributed by atoms with Gasteiger partial charge in [0.05, 0.1) is 0 Å². The van der Waals surface area contributed by atoms with E-state index in [1.807, 2.05) is 13.0 Å². The minimum atomic E-state index is -0.337. The molecule has 0 fully saturated rings. The maximum absolute atomic E-state index is 12.3. The molecule has 0 aliphatic carbocycles. The van der Waals surface area contributed by atoms with E-state index in [-0.39, 0.29) is 24.3 Å². The number of terminal acetylenes is 1. The molecule has 0 aromatic heterocycles. The second kappa shape index (κ2) is 6.23. The van der Waals surface area contributed by atoms with Crippen molar-refractivity contribution in [3.05, 3.63) is 34.9 Å². The molecule has 1 heterocycles. The van der Waals surface area contributed by atoms with Crippen LogP contribution in [0.5, 0.6) is 0 Å². The number of benzene rings is 1. The van der Waals surface area contributed by atoms with Crippen molar-refractivity contribution in [2.45, 2.75) is 32.4 Å².